The number of piperidine rings is 1. The number of benzene rings is 3. The fourth-order valence-corrected chi connectivity index (χ4v) is 3.85. The lowest BCUT2D eigenvalue weighted by Gasteiger charge is -2.26. The van der Waals surface area contributed by atoms with Crippen LogP contribution in [0.25, 0.3) is 11.1 Å². The van der Waals surface area contributed by atoms with Crippen LogP contribution in [0, 0.1) is 5.82 Å². The summed E-state index contributed by atoms with van der Waals surface area (Å²) in [6.45, 7) is 3.43. The molecule has 1 aliphatic rings. The van der Waals surface area contributed by atoms with Crippen LogP contribution in [0.3, 0.4) is 0 Å². The van der Waals surface area contributed by atoms with Gasteiger partial charge >= 0.3 is 0 Å². The summed E-state index contributed by atoms with van der Waals surface area (Å²) in [6.07, 6.45) is 3.72. The topological polar surface area (TPSA) is 65.0 Å². The van der Waals surface area contributed by atoms with E-state index in [2.05, 4.69) is 10.2 Å². The van der Waals surface area contributed by atoms with Gasteiger partial charge in [0.15, 0.2) is 11.6 Å². The third-order valence-electron chi connectivity index (χ3n) is 5.51. The second-order valence-electron chi connectivity index (χ2n) is 7.80. The molecule has 1 heterocycles. The van der Waals surface area contributed by atoms with Gasteiger partial charge in [-0.25, -0.2) is 4.39 Å². The van der Waals surface area contributed by atoms with Gasteiger partial charge in [0.2, 0.25) is 0 Å². The zero-order chi connectivity index (χ0) is 21.6. The van der Waals surface area contributed by atoms with Crippen molar-refractivity contribution in [3.8, 4) is 28.4 Å². The van der Waals surface area contributed by atoms with Gasteiger partial charge in [-0.2, -0.15) is 0 Å². The summed E-state index contributed by atoms with van der Waals surface area (Å²) in [5.74, 6) is 0.0744. The van der Waals surface area contributed by atoms with Crippen LogP contribution < -0.4 is 10.1 Å². The molecule has 162 valence electrons. The number of aromatic hydroxyl groups is 2. The zero-order valence-corrected chi connectivity index (χ0v) is 17.4. The van der Waals surface area contributed by atoms with Crippen molar-refractivity contribution in [1.82, 2.24) is 4.90 Å². The van der Waals surface area contributed by atoms with E-state index in [0.717, 1.165) is 30.8 Å². The molecule has 0 saturated carbocycles. The van der Waals surface area contributed by atoms with E-state index < -0.39 is 5.82 Å². The maximum atomic E-state index is 14.6. The molecule has 3 N–H and O–H groups in total. The van der Waals surface area contributed by atoms with Gasteiger partial charge in [0.05, 0.1) is 5.69 Å². The van der Waals surface area contributed by atoms with Crippen LogP contribution in [-0.2, 0) is 0 Å². The third kappa shape index (κ3) is 5.47. The average molecular weight is 423 g/mol. The van der Waals surface area contributed by atoms with E-state index in [9.17, 15) is 14.6 Å². The summed E-state index contributed by atoms with van der Waals surface area (Å²) >= 11 is 0. The molecule has 0 radical (unpaired) electrons. The maximum Gasteiger partial charge on any atom is 0.167 e. The van der Waals surface area contributed by atoms with Crippen molar-refractivity contribution < 1.29 is 19.3 Å². The molecule has 0 bridgehead atoms. The number of nitrogens with zero attached hydrogens (tertiary/aromatic N) is 1. The van der Waals surface area contributed by atoms with Gasteiger partial charge < -0.3 is 20.3 Å². The van der Waals surface area contributed by atoms with Gasteiger partial charge in [-0.3, -0.25) is 4.90 Å². The Hall–Kier alpha value is -3.25. The number of nitrogens with one attached hydrogen (secondary N) is 1. The second kappa shape index (κ2) is 9.71. The zero-order valence-electron chi connectivity index (χ0n) is 17.4. The lowest BCUT2D eigenvalue weighted by atomic mass is 10.0. The second-order valence-corrected chi connectivity index (χ2v) is 7.80. The minimum atomic E-state index is -0.435. The van der Waals surface area contributed by atoms with Crippen LogP contribution >= 0.6 is 0 Å². The smallest absolute Gasteiger partial charge is 0.167 e. The molecule has 3 aromatic carbocycles. The Kier molecular flexibility index (Phi) is 6.57. The molecule has 1 fully saturated rings. The van der Waals surface area contributed by atoms with Crippen LogP contribution in [0.15, 0.2) is 60.7 Å². The van der Waals surface area contributed by atoms with Crippen molar-refractivity contribution in [1.29, 1.82) is 0 Å². The molecule has 0 aromatic heterocycles. The standard InChI is InChI=1S/C25H27FN2O3/c26-23-16-19(6-11-25(23)31-15-14-28-12-2-1-3-13-28)27-24-17-21(30)9-10-22(24)18-4-7-20(29)8-5-18/h4-11,16-17,27,29-30H,1-3,12-15H2. The van der Waals surface area contributed by atoms with Crippen LogP contribution in [0.2, 0.25) is 0 Å². The number of likely N-dealkylation sites (tertiary alicyclic amines) is 1. The van der Waals surface area contributed by atoms with Gasteiger partial charge in [0.1, 0.15) is 18.1 Å². The summed E-state index contributed by atoms with van der Waals surface area (Å²) in [6, 6.07) is 16.5. The molecule has 3 aromatic rings. The number of ether oxygens (including phenoxy) is 1. The molecule has 1 saturated heterocycles. The van der Waals surface area contributed by atoms with E-state index >= 15 is 0 Å². The first-order chi connectivity index (χ1) is 15.1. The molecule has 0 amide bonds. The molecule has 0 unspecified atom stereocenters. The molecule has 5 nitrogen and oxygen atoms in total. The Morgan fingerprint density at radius 2 is 1.61 bits per heavy atom. The highest BCUT2D eigenvalue weighted by Crippen LogP contribution is 2.34. The first-order valence-corrected chi connectivity index (χ1v) is 10.6. The fraction of sp³-hybridized carbons (Fsp3) is 0.280. The van der Waals surface area contributed by atoms with Crippen LogP contribution in [0.4, 0.5) is 15.8 Å². The SMILES string of the molecule is Oc1ccc(-c2ccc(O)cc2Nc2ccc(OCCN3CCCCC3)c(F)c2)cc1. The average Bonchev–Trinajstić information content (AvgIpc) is 2.77. The van der Waals surface area contributed by atoms with Gasteiger partial charge in [0, 0.05) is 29.9 Å². The van der Waals surface area contributed by atoms with Crippen LogP contribution in [0.5, 0.6) is 17.2 Å². The largest absolute Gasteiger partial charge is 0.508 e. The van der Waals surface area contributed by atoms with Crippen molar-refractivity contribution in [2.24, 2.45) is 0 Å². The van der Waals surface area contributed by atoms with E-state index in [0.29, 0.717) is 18.0 Å². The van der Waals surface area contributed by atoms with Crippen molar-refractivity contribution in [3.63, 3.8) is 0 Å². The van der Waals surface area contributed by atoms with Crippen molar-refractivity contribution in [3.05, 3.63) is 66.5 Å². The number of phenolic OH excluding ortho intramolecular Hbond substituents is 2. The minimum Gasteiger partial charge on any atom is -0.508 e. The summed E-state index contributed by atoms with van der Waals surface area (Å²) in [5.41, 5.74) is 2.86. The first kappa shape index (κ1) is 21.0. The highest BCUT2D eigenvalue weighted by atomic mass is 19.1. The molecular formula is C25H27FN2O3. The molecule has 0 spiro atoms. The minimum absolute atomic E-state index is 0.100. The third-order valence-corrected chi connectivity index (χ3v) is 5.51. The number of hydrogen-bond acceptors (Lipinski definition) is 5. The summed E-state index contributed by atoms with van der Waals surface area (Å²) in [4.78, 5) is 2.35. The lowest BCUT2D eigenvalue weighted by molar-refractivity contribution is 0.180. The summed E-state index contributed by atoms with van der Waals surface area (Å²) < 4.78 is 20.3. The van der Waals surface area contributed by atoms with Gasteiger partial charge in [-0.15, -0.1) is 0 Å². The molecule has 6 heteroatoms. The summed E-state index contributed by atoms with van der Waals surface area (Å²) in [7, 11) is 0. The molecule has 0 aliphatic carbocycles. The number of hydrogen-bond donors (Lipinski definition) is 3. The molecule has 31 heavy (non-hydrogen) atoms. The molecule has 1 aliphatic heterocycles. The monoisotopic (exact) mass is 422 g/mol. The predicted octanol–water partition coefficient (Wildman–Crippen LogP) is 5.51. The van der Waals surface area contributed by atoms with E-state index in [1.165, 1.54) is 25.3 Å². The van der Waals surface area contributed by atoms with Gasteiger partial charge in [-0.1, -0.05) is 18.6 Å². The van der Waals surface area contributed by atoms with E-state index in [1.807, 2.05) is 0 Å². The quantitative estimate of drug-likeness (QED) is 0.468. The maximum absolute atomic E-state index is 14.6. The number of rotatable bonds is 7. The van der Waals surface area contributed by atoms with E-state index in [4.69, 9.17) is 4.74 Å². The number of halogens is 1. The fourth-order valence-electron chi connectivity index (χ4n) is 3.85. The highest BCUT2D eigenvalue weighted by Gasteiger charge is 2.12. The predicted molar refractivity (Wildman–Crippen MR) is 121 cm³/mol. The van der Waals surface area contributed by atoms with Crippen molar-refractivity contribution >= 4 is 11.4 Å². The van der Waals surface area contributed by atoms with Gasteiger partial charge in [0.25, 0.3) is 0 Å². The Morgan fingerprint density at radius 3 is 2.35 bits per heavy atom. The normalized spacial score (nSPS) is 14.4. The number of phenols is 2. The van der Waals surface area contributed by atoms with E-state index in [-0.39, 0.29) is 17.2 Å². The van der Waals surface area contributed by atoms with E-state index in [1.54, 1.807) is 54.6 Å². The van der Waals surface area contributed by atoms with Crippen molar-refractivity contribution in [2.45, 2.75) is 19.3 Å². The molecule has 0 atom stereocenters. The Bertz CT molecular complexity index is 1020. The van der Waals surface area contributed by atoms with Crippen LogP contribution in [-0.4, -0.2) is 41.4 Å². The molecular weight excluding hydrogens is 395 g/mol. The van der Waals surface area contributed by atoms with Crippen LogP contribution in [0.1, 0.15) is 19.3 Å². The Morgan fingerprint density at radius 1 is 0.871 bits per heavy atom. The van der Waals surface area contributed by atoms with Gasteiger partial charge in [-0.05, 0) is 67.9 Å². The number of anilines is 2. The highest BCUT2D eigenvalue weighted by molar-refractivity contribution is 5.82. The molecule has 4 rings (SSSR count). The first-order valence-electron chi connectivity index (χ1n) is 10.6. The van der Waals surface area contributed by atoms with Crippen molar-refractivity contribution in [2.75, 3.05) is 31.6 Å². The Labute approximate surface area is 181 Å². The Balaban J connectivity index is 1.45. The lowest BCUT2D eigenvalue weighted by Crippen LogP contribution is -2.33. The summed E-state index contributed by atoms with van der Waals surface area (Å²) in [5, 5.41) is 22.6.